The number of carboxylic acid groups (broad SMARTS) is 1. The average Bonchev–Trinajstić information content (AvgIpc) is 2.70. The van der Waals surface area contributed by atoms with Crippen LogP contribution in [0.5, 0.6) is 0 Å². The molecule has 3 unspecified atom stereocenters. The fourth-order valence-electron chi connectivity index (χ4n) is 2.71. The highest BCUT2D eigenvalue weighted by Crippen LogP contribution is 2.06. The maximum absolute atomic E-state index is 12.6. The maximum atomic E-state index is 12.6. The molecule has 3 atom stereocenters. The summed E-state index contributed by atoms with van der Waals surface area (Å²) in [4.78, 5) is 63.1. The van der Waals surface area contributed by atoms with Crippen molar-refractivity contribution in [3.63, 3.8) is 0 Å². The van der Waals surface area contributed by atoms with Crippen LogP contribution in [0, 0.1) is 5.92 Å². The van der Waals surface area contributed by atoms with Gasteiger partial charge in [-0.15, -0.1) is 0 Å². The number of hydrogen-bond donors (Lipinski definition) is 8. The molecule has 0 bridgehead atoms. The molecule has 0 aliphatic carbocycles. The highest BCUT2D eigenvalue weighted by atomic mass is 16.4. The maximum Gasteiger partial charge on any atom is 0.326 e. The topological polar surface area (TPSA) is 258 Å². The largest absolute Gasteiger partial charge is 0.480 e. The minimum atomic E-state index is -1.22. The molecule has 0 fully saturated rings. The van der Waals surface area contributed by atoms with E-state index in [-0.39, 0.29) is 37.6 Å². The van der Waals surface area contributed by atoms with Crippen molar-refractivity contribution in [1.29, 1.82) is 0 Å². The highest BCUT2D eigenvalue weighted by Gasteiger charge is 2.27. The molecule has 188 valence electrons. The Labute approximate surface area is 192 Å². The summed E-state index contributed by atoms with van der Waals surface area (Å²) in [6.07, 6.45) is 0.552. The number of aliphatic carboxylic acids is 1. The first-order valence-electron chi connectivity index (χ1n) is 10.5. The first-order chi connectivity index (χ1) is 15.3. The molecule has 0 saturated carbocycles. The summed E-state index contributed by atoms with van der Waals surface area (Å²) in [6, 6.07) is -3.28. The lowest BCUT2D eigenvalue weighted by Crippen LogP contribution is -2.54. The number of amides is 4. The molecule has 0 spiro atoms. The van der Waals surface area contributed by atoms with Crippen molar-refractivity contribution in [3.05, 3.63) is 0 Å². The van der Waals surface area contributed by atoms with Crippen LogP contribution in [0.1, 0.15) is 46.0 Å². The zero-order valence-electron chi connectivity index (χ0n) is 19.0. The Hall–Kier alpha value is -3.42. The number of primary amides is 1. The fraction of sp³-hybridized carbons (Fsp3) is 0.684. The van der Waals surface area contributed by atoms with E-state index in [0.717, 1.165) is 0 Å². The van der Waals surface area contributed by atoms with Gasteiger partial charge >= 0.3 is 5.97 Å². The first kappa shape index (κ1) is 29.6. The number of guanidine groups is 1. The van der Waals surface area contributed by atoms with Crippen molar-refractivity contribution >= 4 is 35.6 Å². The normalized spacial score (nSPS) is 13.3. The quantitative estimate of drug-likeness (QED) is 0.0639. The minimum absolute atomic E-state index is 0.0102. The molecule has 0 aliphatic rings. The third kappa shape index (κ3) is 14.3. The lowest BCUT2D eigenvalue weighted by molar-refractivity contribution is -0.142. The molecule has 12 N–H and O–H groups in total. The zero-order chi connectivity index (χ0) is 25.6. The molecule has 0 aromatic heterocycles. The minimum Gasteiger partial charge on any atom is -0.480 e. The molecule has 14 heteroatoms. The molecular formula is C19H36N8O6. The van der Waals surface area contributed by atoms with Crippen molar-refractivity contribution in [1.82, 2.24) is 16.0 Å². The highest BCUT2D eigenvalue weighted by molar-refractivity contribution is 5.92. The molecule has 0 rings (SSSR count). The van der Waals surface area contributed by atoms with Gasteiger partial charge in [0.2, 0.25) is 23.6 Å². The summed E-state index contributed by atoms with van der Waals surface area (Å²) < 4.78 is 0. The number of carboxylic acids is 1. The lowest BCUT2D eigenvalue weighted by Gasteiger charge is -2.22. The predicted octanol–water partition coefficient (Wildman–Crippen LogP) is -3.15. The van der Waals surface area contributed by atoms with E-state index < -0.39 is 54.3 Å². The number of hydrogen-bond acceptors (Lipinski definition) is 7. The Balaban J connectivity index is 4.85. The number of nitrogens with zero attached hydrogens (tertiary/aromatic N) is 1. The van der Waals surface area contributed by atoms with Crippen LogP contribution in [0.15, 0.2) is 4.99 Å². The Morgan fingerprint density at radius 1 is 0.939 bits per heavy atom. The number of nitrogens with two attached hydrogens (primary N) is 4. The van der Waals surface area contributed by atoms with Gasteiger partial charge in [0.05, 0.1) is 12.6 Å². The fourth-order valence-corrected chi connectivity index (χ4v) is 2.71. The molecule has 0 aromatic rings. The second-order valence-electron chi connectivity index (χ2n) is 7.93. The van der Waals surface area contributed by atoms with Gasteiger partial charge in [0, 0.05) is 13.0 Å². The molecule has 14 nitrogen and oxygen atoms in total. The molecule has 0 saturated heterocycles. The Morgan fingerprint density at radius 3 is 2.09 bits per heavy atom. The SMILES string of the molecule is CC(C)CC(NC(=O)C(CCC(N)=O)NC(=O)CNC(=O)C(N)CCCN=C(N)N)C(=O)O. The van der Waals surface area contributed by atoms with Gasteiger partial charge < -0.3 is 44.0 Å². The average molecular weight is 473 g/mol. The molecular weight excluding hydrogens is 436 g/mol. The first-order valence-corrected chi connectivity index (χ1v) is 10.5. The molecule has 4 amide bonds. The summed E-state index contributed by atoms with van der Waals surface area (Å²) in [5.41, 5.74) is 21.3. The lowest BCUT2D eigenvalue weighted by atomic mass is 10.0. The monoisotopic (exact) mass is 472 g/mol. The van der Waals surface area contributed by atoms with Gasteiger partial charge in [-0.05, 0) is 31.6 Å². The summed E-state index contributed by atoms with van der Waals surface area (Å²) in [7, 11) is 0. The predicted molar refractivity (Wildman–Crippen MR) is 120 cm³/mol. The molecule has 0 heterocycles. The second kappa shape index (κ2) is 15.4. The molecule has 0 radical (unpaired) electrons. The van der Waals surface area contributed by atoms with E-state index in [0.29, 0.717) is 13.0 Å². The summed E-state index contributed by atoms with van der Waals surface area (Å²) in [5.74, 6) is -4.09. The molecule has 33 heavy (non-hydrogen) atoms. The van der Waals surface area contributed by atoms with E-state index in [1.165, 1.54) is 0 Å². The van der Waals surface area contributed by atoms with E-state index in [1.54, 1.807) is 13.8 Å². The molecule has 0 aromatic carbocycles. The zero-order valence-corrected chi connectivity index (χ0v) is 19.0. The number of carbonyl (C=O) groups is 5. The Morgan fingerprint density at radius 2 is 1.58 bits per heavy atom. The van der Waals surface area contributed by atoms with Crippen molar-refractivity contribution in [2.24, 2.45) is 33.8 Å². The van der Waals surface area contributed by atoms with Crippen molar-refractivity contribution in [3.8, 4) is 0 Å². The van der Waals surface area contributed by atoms with Gasteiger partial charge in [-0.2, -0.15) is 0 Å². The van der Waals surface area contributed by atoms with Crippen LogP contribution in [0.4, 0.5) is 0 Å². The van der Waals surface area contributed by atoms with Crippen molar-refractivity contribution < 1.29 is 29.1 Å². The molecule has 0 aliphatic heterocycles. The van der Waals surface area contributed by atoms with Crippen LogP contribution in [0.25, 0.3) is 0 Å². The van der Waals surface area contributed by atoms with Gasteiger partial charge in [-0.3, -0.25) is 24.2 Å². The van der Waals surface area contributed by atoms with Crippen LogP contribution in [0.3, 0.4) is 0 Å². The number of aliphatic imine (C=N–C) groups is 1. The van der Waals surface area contributed by atoms with Gasteiger partial charge in [-0.25, -0.2) is 4.79 Å². The van der Waals surface area contributed by atoms with Gasteiger partial charge in [-0.1, -0.05) is 13.8 Å². The van der Waals surface area contributed by atoms with Crippen LogP contribution in [-0.4, -0.2) is 71.9 Å². The number of nitrogens with one attached hydrogen (secondary N) is 3. The van der Waals surface area contributed by atoms with Gasteiger partial charge in [0.25, 0.3) is 0 Å². The van der Waals surface area contributed by atoms with E-state index >= 15 is 0 Å². The van der Waals surface area contributed by atoms with Crippen molar-refractivity contribution in [2.45, 2.75) is 64.1 Å². The van der Waals surface area contributed by atoms with Gasteiger partial charge in [0.15, 0.2) is 5.96 Å². The van der Waals surface area contributed by atoms with Crippen LogP contribution >= 0.6 is 0 Å². The van der Waals surface area contributed by atoms with Crippen LogP contribution < -0.4 is 38.9 Å². The van der Waals surface area contributed by atoms with Crippen molar-refractivity contribution in [2.75, 3.05) is 13.1 Å². The second-order valence-corrected chi connectivity index (χ2v) is 7.93. The standard InChI is InChI=1S/C19H36N8O6/c1-10(2)8-13(18(32)33)27-17(31)12(5-6-14(21)28)26-15(29)9-25-16(30)11(20)4-3-7-24-19(22)23/h10-13H,3-9,20H2,1-2H3,(H2,21,28)(H,25,30)(H,26,29)(H,27,31)(H,32,33)(H4,22,23,24). The van der Waals surface area contributed by atoms with Crippen LogP contribution in [0.2, 0.25) is 0 Å². The van der Waals surface area contributed by atoms with E-state index in [2.05, 4.69) is 20.9 Å². The smallest absolute Gasteiger partial charge is 0.326 e. The Bertz CT molecular complexity index is 723. The van der Waals surface area contributed by atoms with Crippen LogP contribution in [-0.2, 0) is 24.0 Å². The van der Waals surface area contributed by atoms with E-state index in [1.807, 2.05) is 0 Å². The Kier molecular flexibility index (Phi) is 13.8. The summed E-state index contributed by atoms with van der Waals surface area (Å²) >= 11 is 0. The third-order valence-electron chi connectivity index (χ3n) is 4.38. The summed E-state index contributed by atoms with van der Waals surface area (Å²) in [6.45, 7) is 3.41. The van der Waals surface area contributed by atoms with E-state index in [9.17, 15) is 29.1 Å². The van der Waals surface area contributed by atoms with E-state index in [4.69, 9.17) is 22.9 Å². The summed E-state index contributed by atoms with van der Waals surface area (Å²) in [5, 5.41) is 16.4. The number of rotatable bonds is 16. The third-order valence-corrected chi connectivity index (χ3v) is 4.38. The van der Waals surface area contributed by atoms with Gasteiger partial charge in [0.1, 0.15) is 12.1 Å². The number of carbonyl (C=O) groups excluding carboxylic acids is 4.